The van der Waals surface area contributed by atoms with Gasteiger partial charge in [0, 0.05) is 22.7 Å². The lowest BCUT2D eigenvalue weighted by Crippen LogP contribution is -1.98. The Hall–Kier alpha value is -2.61. The second-order valence-corrected chi connectivity index (χ2v) is 5.95. The van der Waals surface area contributed by atoms with Crippen LogP contribution in [0, 0.1) is 11.3 Å². The lowest BCUT2D eigenvalue weighted by atomic mass is 10.1. The number of hydrogen-bond donors (Lipinski definition) is 0. The number of benzene rings is 2. The lowest BCUT2D eigenvalue weighted by molar-refractivity contribution is 0.901. The molecule has 0 aliphatic heterocycles. The highest BCUT2D eigenvalue weighted by molar-refractivity contribution is 6.35. The lowest BCUT2D eigenvalue weighted by Gasteiger charge is -2.04. The molecule has 118 valence electrons. The van der Waals surface area contributed by atoms with Gasteiger partial charge >= 0.3 is 0 Å². The summed E-state index contributed by atoms with van der Waals surface area (Å²) in [4.78, 5) is 0. The number of nitriles is 1. The van der Waals surface area contributed by atoms with Crippen LogP contribution >= 0.6 is 23.2 Å². The summed E-state index contributed by atoms with van der Waals surface area (Å²) in [6.07, 6.45) is 1.68. The average Bonchev–Trinajstić information content (AvgIpc) is 2.97. The molecule has 3 aromatic rings. The Morgan fingerprint density at radius 3 is 2.54 bits per heavy atom. The van der Waals surface area contributed by atoms with Crippen LogP contribution in [-0.4, -0.2) is 14.8 Å². The predicted octanol–water partition coefficient (Wildman–Crippen LogP) is 4.85. The molecule has 24 heavy (non-hydrogen) atoms. The molecule has 3 rings (SSSR count). The molecule has 0 atom stereocenters. The Morgan fingerprint density at radius 1 is 1.12 bits per heavy atom. The zero-order valence-corrected chi connectivity index (χ0v) is 14.3. The van der Waals surface area contributed by atoms with Gasteiger partial charge in [-0.1, -0.05) is 59.6 Å². The molecule has 0 spiro atoms. The van der Waals surface area contributed by atoms with Gasteiger partial charge in [0.1, 0.15) is 6.07 Å². The van der Waals surface area contributed by atoms with Crippen molar-refractivity contribution in [3.05, 3.63) is 70.0 Å². The van der Waals surface area contributed by atoms with Crippen molar-refractivity contribution in [3.63, 3.8) is 0 Å². The summed E-state index contributed by atoms with van der Waals surface area (Å²) in [7, 11) is 1.83. The SMILES string of the molecule is Cn1c(/C(C#N)=C\c2ccc(Cl)cc2Cl)nnc1-c1ccccc1. The van der Waals surface area contributed by atoms with E-state index in [1.807, 2.05) is 37.4 Å². The van der Waals surface area contributed by atoms with Gasteiger partial charge in [-0.05, 0) is 23.8 Å². The summed E-state index contributed by atoms with van der Waals surface area (Å²) in [5, 5.41) is 18.9. The Balaban J connectivity index is 2.05. The smallest absolute Gasteiger partial charge is 0.174 e. The first-order valence-corrected chi connectivity index (χ1v) is 7.88. The minimum atomic E-state index is 0.372. The van der Waals surface area contributed by atoms with E-state index in [0.29, 0.717) is 32.8 Å². The third kappa shape index (κ3) is 3.18. The van der Waals surface area contributed by atoms with Crippen molar-refractivity contribution in [1.82, 2.24) is 14.8 Å². The van der Waals surface area contributed by atoms with E-state index in [4.69, 9.17) is 23.2 Å². The van der Waals surface area contributed by atoms with Crippen LogP contribution < -0.4 is 0 Å². The fourth-order valence-electron chi connectivity index (χ4n) is 2.32. The molecule has 6 heteroatoms. The second kappa shape index (κ2) is 6.88. The molecule has 0 N–H and O–H groups in total. The molecule has 0 radical (unpaired) electrons. The van der Waals surface area contributed by atoms with Gasteiger partial charge in [0.05, 0.1) is 5.57 Å². The fourth-order valence-corrected chi connectivity index (χ4v) is 2.79. The standard InChI is InChI=1S/C18H12Cl2N4/c1-24-17(12-5-3-2-4-6-12)22-23-18(24)14(11-21)9-13-7-8-15(19)10-16(13)20/h2-10H,1H3/b14-9-. The number of halogens is 2. The van der Waals surface area contributed by atoms with E-state index in [2.05, 4.69) is 16.3 Å². The molecule has 1 aromatic heterocycles. The van der Waals surface area contributed by atoms with E-state index in [-0.39, 0.29) is 0 Å². The monoisotopic (exact) mass is 354 g/mol. The molecule has 1 heterocycles. The van der Waals surface area contributed by atoms with Crippen molar-refractivity contribution >= 4 is 34.9 Å². The largest absolute Gasteiger partial charge is 0.310 e. The van der Waals surface area contributed by atoms with Crippen LogP contribution in [0.1, 0.15) is 11.4 Å². The van der Waals surface area contributed by atoms with Gasteiger partial charge in [-0.25, -0.2) is 0 Å². The zero-order valence-electron chi connectivity index (χ0n) is 12.7. The first-order chi connectivity index (χ1) is 11.6. The summed E-state index contributed by atoms with van der Waals surface area (Å²) in [6, 6.07) is 17.0. The van der Waals surface area contributed by atoms with E-state index in [0.717, 1.165) is 5.56 Å². The summed E-state index contributed by atoms with van der Waals surface area (Å²) in [5.41, 5.74) is 2.00. The maximum Gasteiger partial charge on any atom is 0.174 e. The van der Waals surface area contributed by atoms with Gasteiger partial charge in [0.15, 0.2) is 11.6 Å². The Labute approximate surface area is 149 Å². The number of nitrogens with zero attached hydrogens (tertiary/aromatic N) is 4. The van der Waals surface area contributed by atoms with Gasteiger partial charge in [0.2, 0.25) is 0 Å². The minimum Gasteiger partial charge on any atom is -0.310 e. The molecule has 0 saturated carbocycles. The van der Waals surface area contributed by atoms with Crippen LogP contribution in [-0.2, 0) is 7.05 Å². The van der Waals surface area contributed by atoms with Crippen molar-refractivity contribution < 1.29 is 0 Å². The van der Waals surface area contributed by atoms with E-state index >= 15 is 0 Å². The van der Waals surface area contributed by atoms with Crippen LogP contribution in [0.25, 0.3) is 23.0 Å². The first kappa shape index (κ1) is 16.3. The molecular weight excluding hydrogens is 343 g/mol. The van der Waals surface area contributed by atoms with Crippen LogP contribution in [0.2, 0.25) is 10.0 Å². The van der Waals surface area contributed by atoms with E-state index in [9.17, 15) is 5.26 Å². The molecule has 0 aliphatic carbocycles. The molecule has 0 fully saturated rings. The van der Waals surface area contributed by atoms with Crippen molar-refractivity contribution in [2.24, 2.45) is 7.05 Å². The van der Waals surface area contributed by atoms with Crippen LogP contribution in [0.3, 0.4) is 0 Å². The number of hydrogen-bond acceptors (Lipinski definition) is 3. The molecular formula is C18H12Cl2N4. The van der Waals surface area contributed by atoms with Gasteiger partial charge in [-0.2, -0.15) is 5.26 Å². The molecule has 0 saturated heterocycles. The summed E-state index contributed by atoms with van der Waals surface area (Å²) < 4.78 is 1.79. The quantitative estimate of drug-likeness (QED) is 0.631. The summed E-state index contributed by atoms with van der Waals surface area (Å²) in [6.45, 7) is 0. The highest BCUT2D eigenvalue weighted by atomic mass is 35.5. The van der Waals surface area contributed by atoms with E-state index in [1.54, 1.807) is 28.8 Å². The van der Waals surface area contributed by atoms with Gasteiger partial charge < -0.3 is 4.57 Å². The molecule has 0 unspecified atom stereocenters. The fraction of sp³-hybridized carbons (Fsp3) is 0.0556. The van der Waals surface area contributed by atoms with Crippen LogP contribution in [0.15, 0.2) is 48.5 Å². The second-order valence-electron chi connectivity index (χ2n) is 5.11. The first-order valence-electron chi connectivity index (χ1n) is 7.12. The maximum absolute atomic E-state index is 9.52. The van der Waals surface area contributed by atoms with Gasteiger partial charge in [-0.3, -0.25) is 0 Å². The highest BCUT2D eigenvalue weighted by Crippen LogP contribution is 2.26. The van der Waals surface area contributed by atoms with Crippen LogP contribution in [0.4, 0.5) is 0 Å². The Morgan fingerprint density at radius 2 is 1.88 bits per heavy atom. The predicted molar refractivity (Wildman–Crippen MR) is 96.4 cm³/mol. The molecule has 2 aromatic carbocycles. The average molecular weight is 355 g/mol. The summed E-state index contributed by atoms with van der Waals surface area (Å²) >= 11 is 12.1. The highest BCUT2D eigenvalue weighted by Gasteiger charge is 2.14. The van der Waals surface area contributed by atoms with Crippen molar-refractivity contribution in [3.8, 4) is 17.5 Å². The summed E-state index contributed by atoms with van der Waals surface area (Å²) in [5.74, 6) is 1.16. The molecule has 4 nitrogen and oxygen atoms in total. The number of aromatic nitrogens is 3. The Bertz CT molecular complexity index is 953. The number of rotatable bonds is 3. The van der Waals surface area contributed by atoms with Gasteiger partial charge in [0.25, 0.3) is 0 Å². The normalized spacial score (nSPS) is 11.3. The van der Waals surface area contributed by atoms with Crippen LogP contribution in [0.5, 0.6) is 0 Å². The number of allylic oxidation sites excluding steroid dienone is 1. The van der Waals surface area contributed by atoms with E-state index in [1.165, 1.54) is 0 Å². The maximum atomic E-state index is 9.52. The molecule has 0 aliphatic rings. The minimum absolute atomic E-state index is 0.372. The third-order valence-corrected chi connectivity index (χ3v) is 4.09. The third-order valence-electron chi connectivity index (χ3n) is 3.53. The molecule has 0 bridgehead atoms. The van der Waals surface area contributed by atoms with E-state index < -0.39 is 0 Å². The molecule has 0 amide bonds. The topological polar surface area (TPSA) is 54.5 Å². The zero-order chi connectivity index (χ0) is 17.1. The van der Waals surface area contributed by atoms with Crippen molar-refractivity contribution in [1.29, 1.82) is 5.26 Å². The Kier molecular flexibility index (Phi) is 4.66. The van der Waals surface area contributed by atoms with Crippen molar-refractivity contribution in [2.75, 3.05) is 0 Å². The van der Waals surface area contributed by atoms with Gasteiger partial charge in [-0.15, -0.1) is 10.2 Å². The van der Waals surface area contributed by atoms with Crippen molar-refractivity contribution in [2.45, 2.75) is 0 Å².